The number of halogens is 1. The van der Waals surface area contributed by atoms with Crippen LogP contribution in [0.15, 0.2) is 24.3 Å². The van der Waals surface area contributed by atoms with Crippen LogP contribution in [-0.2, 0) is 4.79 Å². The van der Waals surface area contributed by atoms with Crippen LogP contribution in [0.3, 0.4) is 0 Å². The molecule has 2 nitrogen and oxygen atoms in total. The summed E-state index contributed by atoms with van der Waals surface area (Å²) >= 11 is 2.29. The molecule has 0 heterocycles. The summed E-state index contributed by atoms with van der Waals surface area (Å²) in [5.74, 6) is 3.73. The molecule has 0 radical (unpaired) electrons. The predicted molar refractivity (Wildman–Crippen MR) is 88.3 cm³/mol. The second-order valence-corrected chi connectivity index (χ2v) is 8.09. The molecule has 0 aromatic heterocycles. The van der Waals surface area contributed by atoms with Gasteiger partial charge < -0.3 is 5.32 Å². The SMILES string of the molecule is O=C(Nc1ccccc1I)C1C2CC3CC(C2)CC1C3. The topological polar surface area (TPSA) is 29.1 Å². The van der Waals surface area contributed by atoms with E-state index in [2.05, 4.69) is 27.9 Å². The van der Waals surface area contributed by atoms with Gasteiger partial charge in [-0.2, -0.15) is 0 Å². The number of hydrogen-bond donors (Lipinski definition) is 1. The predicted octanol–water partition coefficient (Wildman–Crippen LogP) is 4.30. The van der Waals surface area contributed by atoms with Crippen LogP contribution in [0.5, 0.6) is 0 Å². The highest BCUT2D eigenvalue weighted by molar-refractivity contribution is 14.1. The van der Waals surface area contributed by atoms with Gasteiger partial charge in [-0.1, -0.05) is 12.1 Å². The Morgan fingerprint density at radius 2 is 1.60 bits per heavy atom. The number of anilines is 1. The van der Waals surface area contributed by atoms with Gasteiger partial charge in [-0.05, 0) is 90.5 Å². The molecule has 0 aliphatic heterocycles. The van der Waals surface area contributed by atoms with E-state index in [1.807, 2.05) is 24.3 Å². The molecule has 4 aliphatic rings. The summed E-state index contributed by atoms with van der Waals surface area (Å²) in [5, 5.41) is 3.19. The number of amides is 1. The zero-order chi connectivity index (χ0) is 13.7. The van der Waals surface area contributed by atoms with Crippen molar-refractivity contribution in [2.24, 2.45) is 29.6 Å². The van der Waals surface area contributed by atoms with E-state index in [-0.39, 0.29) is 11.8 Å². The van der Waals surface area contributed by atoms with Crippen molar-refractivity contribution < 1.29 is 4.79 Å². The van der Waals surface area contributed by atoms with Crippen LogP contribution in [0.2, 0.25) is 0 Å². The van der Waals surface area contributed by atoms with Crippen molar-refractivity contribution >= 4 is 34.2 Å². The van der Waals surface area contributed by atoms with Crippen LogP contribution in [0.4, 0.5) is 5.69 Å². The smallest absolute Gasteiger partial charge is 0.228 e. The quantitative estimate of drug-likeness (QED) is 0.761. The van der Waals surface area contributed by atoms with Crippen LogP contribution in [0, 0.1) is 33.2 Å². The van der Waals surface area contributed by atoms with Crippen molar-refractivity contribution in [3.05, 3.63) is 27.8 Å². The van der Waals surface area contributed by atoms with Gasteiger partial charge in [0, 0.05) is 9.49 Å². The van der Waals surface area contributed by atoms with E-state index in [1.165, 1.54) is 32.1 Å². The van der Waals surface area contributed by atoms with E-state index in [9.17, 15) is 4.79 Å². The molecule has 20 heavy (non-hydrogen) atoms. The number of benzene rings is 1. The summed E-state index contributed by atoms with van der Waals surface area (Å²) in [6.07, 6.45) is 6.65. The zero-order valence-corrected chi connectivity index (χ0v) is 13.7. The van der Waals surface area contributed by atoms with E-state index in [0.717, 1.165) is 21.1 Å². The van der Waals surface area contributed by atoms with Crippen LogP contribution in [0.1, 0.15) is 32.1 Å². The minimum Gasteiger partial charge on any atom is -0.325 e. The maximum absolute atomic E-state index is 12.7. The molecule has 1 aromatic rings. The van der Waals surface area contributed by atoms with Gasteiger partial charge in [0.1, 0.15) is 0 Å². The second-order valence-electron chi connectivity index (χ2n) is 6.93. The Balaban J connectivity index is 1.53. The van der Waals surface area contributed by atoms with Gasteiger partial charge in [-0.25, -0.2) is 0 Å². The second kappa shape index (κ2) is 5.00. The molecule has 106 valence electrons. The highest BCUT2D eigenvalue weighted by Crippen LogP contribution is 2.56. The van der Waals surface area contributed by atoms with Crippen molar-refractivity contribution in [1.82, 2.24) is 0 Å². The summed E-state index contributed by atoms with van der Waals surface area (Å²) in [4.78, 5) is 12.7. The maximum Gasteiger partial charge on any atom is 0.228 e. The fourth-order valence-electron chi connectivity index (χ4n) is 5.13. The van der Waals surface area contributed by atoms with E-state index >= 15 is 0 Å². The summed E-state index contributed by atoms with van der Waals surface area (Å²) in [6.45, 7) is 0. The molecule has 4 aliphatic carbocycles. The molecule has 4 fully saturated rings. The van der Waals surface area contributed by atoms with Gasteiger partial charge in [0.25, 0.3) is 0 Å². The first-order valence-corrected chi connectivity index (χ1v) is 8.84. The minimum absolute atomic E-state index is 0.277. The van der Waals surface area contributed by atoms with E-state index in [0.29, 0.717) is 11.8 Å². The third kappa shape index (κ3) is 2.18. The number of hydrogen-bond acceptors (Lipinski definition) is 1. The normalized spacial score (nSPS) is 38.0. The molecule has 4 saturated carbocycles. The molecular weight excluding hydrogens is 361 g/mol. The first-order chi connectivity index (χ1) is 9.70. The molecule has 4 bridgehead atoms. The summed E-state index contributed by atoms with van der Waals surface area (Å²) < 4.78 is 1.13. The van der Waals surface area contributed by atoms with E-state index in [4.69, 9.17) is 0 Å². The largest absolute Gasteiger partial charge is 0.325 e. The lowest BCUT2D eigenvalue weighted by atomic mass is 9.51. The third-order valence-electron chi connectivity index (χ3n) is 5.66. The van der Waals surface area contributed by atoms with Crippen molar-refractivity contribution in [2.45, 2.75) is 32.1 Å². The van der Waals surface area contributed by atoms with Gasteiger partial charge in [0.15, 0.2) is 0 Å². The first-order valence-electron chi connectivity index (χ1n) is 7.76. The average molecular weight is 381 g/mol. The standard InChI is InChI=1S/C17H20INO/c18-14-3-1-2-4-15(14)19-17(20)16-12-6-10-5-11(8-12)9-13(16)7-10/h1-4,10-13,16H,5-9H2,(H,19,20). The molecule has 0 spiro atoms. The first kappa shape index (κ1) is 13.1. The van der Waals surface area contributed by atoms with Gasteiger partial charge in [0.05, 0.1) is 5.69 Å². The van der Waals surface area contributed by atoms with E-state index < -0.39 is 0 Å². The zero-order valence-electron chi connectivity index (χ0n) is 11.5. The number of carbonyl (C=O) groups is 1. The van der Waals surface area contributed by atoms with Gasteiger partial charge >= 0.3 is 0 Å². The van der Waals surface area contributed by atoms with E-state index in [1.54, 1.807) is 0 Å². The third-order valence-corrected chi connectivity index (χ3v) is 6.60. The summed E-state index contributed by atoms with van der Waals surface area (Å²) in [7, 11) is 0. The number of carbonyl (C=O) groups excluding carboxylic acids is 1. The Morgan fingerprint density at radius 3 is 2.20 bits per heavy atom. The van der Waals surface area contributed by atoms with Crippen molar-refractivity contribution in [3.63, 3.8) is 0 Å². The Hall–Kier alpha value is -0.580. The lowest BCUT2D eigenvalue weighted by molar-refractivity contribution is -0.132. The fourth-order valence-corrected chi connectivity index (χ4v) is 5.65. The number of rotatable bonds is 2. The lowest BCUT2D eigenvalue weighted by Crippen LogP contribution is -2.49. The Morgan fingerprint density at radius 1 is 1.00 bits per heavy atom. The number of para-hydroxylation sites is 1. The minimum atomic E-state index is 0.277. The Bertz CT molecular complexity index is 514. The molecule has 1 N–H and O–H groups in total. The molecule has 0 unspecified atom stereocenters. The van der Waals surface area contributed by atoms with Crippen LogP contribution in [-0.4, -0.2) is 5.91 Å². The average Bonchev–Trinajstić information content (AvgIpc) is 2.40. The Kier molecular flexibility index (Phi) is 3.28. The van der Waals surface area contributed by atoms with Crippen LogP contribution < -0.4 is 5.32 Å². The molecule has 3 heteroatoms. The molecular formula is C17H20INO. The number of nitrogens with one attached hydrogen (secondary N) is 1. The van der Waals surface area contributed by atoms with Crippen molar-refractivity contribution in [1.29, 1.82) is 0 Å². The molecule has 5 rings (SSSR count). The fraction of sp³-hybridized carbons (Fsp3) is 0.588. The highest BCUT2D eigenvalue weighted by atomic mass is 127. The van der Waals surface area contributed by atoms with Gasteiger partial charge in [0.2, 0.25) is 5.91 Å². The van der Waals surface area contributed by atoms with Crippen molar-refractivity contribution in [3.8, 4) is 0 Å². The molecule has 0 saturated heterocycles. The molecule has 1 amide bonds. The molecule has 1 aromatic carbocycles. The maximum atomic E-state index is 12.7. The van der Waals surface area contributed by atoms with Gasteiger partial charge in [-0.15, -0.1) is 0 Å². The summed E-state index contributed by atoms with van der Waals surface area (Å²) in [5.41, 5.74) is 0.979. The van der Waals surface area contributed by atoms with Crippen LogP contribution in [0.25, 0.3) is 0 Å². The lowest BCUT2D eigenvalue weighted by Gasteiger charge is -2.53. The monoisotopic (exact) mass is 381 g/mol. The Labute approximate surface area is 133 Å². The summed E-state index contributed by atoms with van der Waals surface area (Å²) in [6, 6.07) is 8.07. The van der Waals surface area contributed by atoms with Gasteiger partial charge in [-0.3, -0.25) is 4.79 Å². The molecule has 0 atom stereocenters. The van der Waals surface area contributed by atoms with Crippen LogP contribution >= 0.6 is 22.6 Å². The van der Waals surface area contributed by atoms with Crippen molar-refractivity contribution in [2.75, 3.05) is 5.32 Å². The highest BCUT2D eigenvalue weighted by Gasteiger charge is 2.50.